The second-order valence-corrected chi connectivity index (χ2v) is 3.45. The number of amidine groups is 1. The monoisotopic (exact) mass is 235 g/mol. The number of hydrogen-bond acceptors (Lipinski definition) is 3. The molecule has 0 saturated carbocycles. The number of halogens is 1. The minimum absolute atomic E-state index is 0. The molecule has 88 valence electrons. The third kappa shape index (κ3) is 3.24. The van der Waals surface area contributed by atoms with Gasteiger partial charge in [-0.2, -0.15) is 0 Å². The van der Waals surface area contributed by atoms with Gasteiger partial charge in [-0.25, -0.2) is 0 Å². The third-order valence-corrected chi connectivity index (χ3v) is 2.24. The Morgan fingerprint density at radius 2 is 2.07 bits per heavy atom. The molecule has 0 spiro atoms. The quantitative estimate of drug-likeness (QED) is 0.424. The normalized spacial score (nSPS) is 20.4. The van der Waals surface area contributed by atoms with Gasteiger partial charge in [-0.3, -0.25) is 10.8 Å². The first-order valence-electron chi connectivity index (χ1n) is 4.48. The van der Waals surface area contributed by atoms with E-state index in [1.165, 1.54) is 0 Å². The first-order chi connectivity index (χ1) is 6.54. The Kier molecular flexibility index (Phi) is 5.38. The zero-order chi connectivity index (χ0) is 10.7. The van der Waals surface area contributed by atoms with Gasteiger partial charge >= 0.3 is 0 Å². The Morgan fingerprint density at radius 3 is 2.53 bits per heavy atom. The summed E-state index contributed by atoms with van der Waals surface area (Å²) in [6, 6.07) is -0.226. The molecule has 1 atom stereocenters. The Labute approximate surface area is 95.8 Å². The summed E-state index contributed by atoms with van der Waals surface area (Å²) in [7, 11) is 3.60. The van der Waals surface area contributed by atoms with Crippen molar-refractivity contribution in [3.05, 3.63) is 0 Å². The van der Waals surface area contributed by atoms with E-state index >= 15 is 0 Å². The average Bonchev–Trinajstić information content (AvgIpc) is 2.16. The van der Waals surface area contributed by atoms with Crippen LogP contribution in [0.3, 0.4) is 0 Å². The Bertz CT molecular complexity index is 245. The second kappa shape index (κ2) is 5.77. The van der Waals surface area contributed by atoms with Crippen LogP contribution in [0.4, 0.5) is 0 Å². The predicted molar refractivity (Wildman–Crippen MR) is 61.9 cm³/mol. The lowest BCUT2D eigenvalue weighted by Crippen LogP contribution is -2.57. The SMILES string of the molecule is CN(C)C(=N)C1COCCN1C(=N)N.Cl. The molecule has 1 saturated heterocycles. The van der Waals surface area contributed by atoms with E-state index in [0.29, 0.717) is 25.6 Å². The van der Waals surface area contributed by atoms with E-state index in [9.17, 15) is 0 Å². The summed E-state index contributed by atoms with van der Waals surface area (Å²) >= 11 is 0. The molecule has 0 amide bonds. The maximum absolute atomic E-state index is 7.81. The fourth-order valence-electron chi connectivity index (χ4n) is 1.42. The maximum atomic E-state index is 7.81. The number of ether oxygens (including phenoxy) is 1. The first-order valence-corrected chi connectivity index (χ1v) is 4.48. The van der Waals surface area contributed by atoms with Gasteiger partial charge in [0, 0.05) is 20.6 Å². The van der Waals surface area contributed by atoms with Crippen LogP contribution in [0.1, 0.15) is 0 Å². The maximum Gasteiger partial charge on any atom is 0.189 e. The molecule has 0 aromatic rings. The molecule has 1 heterocycles. The van der Waals surface area contributed by atoms with E-state index in [0.717, 1.165) is 0 Å². The molecule has 0 radical (unpaired) electrons. The minimum Gasteiger partial charge on any atom is -0.377 e. The van der Waals surface area contributed by atoms with Crippen LogP contribution < -0.4 is 5.73 Å². The average molecular weight is 236 g/mol. The van der Waals surface area contributed by atoms with Crippen LogP contribution in [0.2, 0.25) is 0 Å². The van der Waals surface area contributed by atoms with Crippen molar-refractivity contribution >= 4 is 24.2 Å². The first kappa shape index (κ1) is 14.0. The fraction of sp³-hybridized carbons (Fsp3) is 0.750. The molecule has 1 aliphatic heterocycles. The highest BCUT2D eigenvalue weighted by Crippen LogP contribution is 2.08. The molecule has 0 aliphatic carbocycles. The van der Waals surface area contributed by atoms with Crippen LogP contribution in [0.25, 0.3) is 0 Å². The number of nitrogens with one attached hydrogen (secondary N) is 2. The van der Waals surface area contributed by atoms with Crippen molar-refractivity contribution in [1.29, 1.82) is 10.8 Å². The van der Waals surface area contributed by atoms with Gasteiger partial charge in [-0.05, 0) is 0 Å². The van der Waals surface area contributed by atoms with Gasteiger partial charge in [0.15, 0.2) is 5.96 Å². The zero-order valence-corrected chi connectivity index (χ0v) is 9.80. The summed E-state index contributed by atoms with van der Waals surface area (Å²) in [5.41, 5.74) is 5.43. The molecule has 1 rings (SSSR count). The largest absolute Gasteiger partial charge is 0.377 e. The summed E-state index contributed by atoms with van der Waals surface area (Å²) in [4.78, 5) is 3.39. The molecule has 0 aromatic heterocycles. The summed E-state index contributed by atoms with van der Waals surface area (Å²) in [5, 5.41) is 15.2. The summed E-state index contributed by atoms with van der Waals surface area (Å²) in [5.74, 6) is 0.421. The lowest BCUT2D eigenvalue weighted by Gasteiger charge is -2.37. The highest BCUT2D eigenvalue weighted by molar-refractivity contribution is 5.89. The molecule has 0 aromatic carbocycles. The van der Waals surface area contributed by atoms with Crippen molar-refractivity contribution in [2.75, 3.05) is 33.9 Å². The van der Waals surface area contributed by atoms with Crippen molar-refractivity contribution in [1.82, 2.24) is 9.80 Å². The van der Waals surface area contributed by atoms with Crippen LogP contribution in [-0.2, 0) is 4.74 Å². The van der Waals surface area contributed by atoms with Crippen molar-refractivity contribution in [2.45, 2.75) is 6.04 Å². The smallest absolute Gasteiger partial charge is 0.189 e. The molecule has 7 heteroatoms. The Balaban J connectivity index is 0.00000196. The van der Waals surface area contributed by atoms with Gasteiger partial charge < -0.3 is 20.3 Å². The van der Waals surface area contributed by atoms with Gasteiger partial charge in [0.1, 0.15) is 11.9 Å². The number of nitrogens with two attached hydrogens (primary N) is 1. The number of guanidine groups is 1. The number of hydrogen-bond donors (Lipinski definition) is 3. The topological polar surface area (TPSA) is 89.4 Å². The van der Waals surface area contributed by atoms with E-state index in [4.69, 9.17) is 21.3 Å². The molecular formula is C8H18ClN5O. The molecule has 0 bridgehead atoms. The molecule has 15 heavy (non-hydrogen) atoms. The summed E-state index contributed by atoms with van der Waals surface area (Å²) in [6.07, 6.45) is 0. The standard InChI is InChI=1S/C8H17N5O.ClH/c1-12(2)7(9)6-5-14-4-3-13(6)8(10)11;/h6,9H,3-5H2,1-2H3,(H3,10,11);1H. The van der Waals surface area contributed by atoms with Gasteiger partial charge in [0.2, 0.25) is 0 Å². The van der Waals surface area contributed by atoms with Crippen LogP contribution in [-0.4, -0.2) is 61.5 Å². The minimum atomic E-state index is -0.226. The summed E-state index contributed by atoms with van der Waals surface area (Å²) < 4.78 is 5.27. The third-order valence-electron chi connectivity index (χ3n) is 2.24. The molecule has 1 unspecified atom stereocenters. The van der Waals surface area contributed by atoms with Crippen molar-refractivity contribution in [2.24, 2.45) is 5.73 Å². The van der Waals surface area contributed by atoms with Crippen LogP contribution in [0, 0.1) is 10.8 Å². The van der Waals surface area contributed by atoms with Gasteiger partial charge in [-0.1, -0.05) is 0 Å². The molecule has 1 aliphatic rings. The van der Waals surface area contributed by atoms with Gasteiger partial charge in [-0.15, -0.1) is 12.4 Å². The number of nitrogens with zero attached hydrogens (tertiary/aromatic N) is 2. The van der Waals surface area contributed by atoms with Crippen LogP contribution >= 0.6 is 12.4 Å². The van der Waals surface area contributed by atoms with Gasteiger partial charge in [0.25, 0.3) is 0 Å². The van der Waals surface area contributed by atoms with E-state index in [-0.39, 0.29) is 24.4 Å². The number of rotatable bonds is 1. The van der Waals surface area contributed by atoms with E-state index in [2.05, 4.69) is 0 Å². The number of likely N-dealkylation sites (N-methyl/N-ethyl adjacent to an activating group) is 1. The fourth-order valence-corrected chi connectivity index (χ4v) is 1.42. The van der Waals surface area contributed by atoms with Crippen LogP contribution in [0.5, 0.6) is 0 Å². The molecule has 1 fully saturated rings. The molecule has 4 N–H and O–H groups in total. The van der Waals surface area contributed by atoms with Crippen molar-refractivity contribution < 1.29 is 4.74 Å². The van der Waals surface area contributed by atoms with Crippen LogP contribution in [0.15, 0.2) is 0 Å². The number of morpholine rings is 1. The van der Waals surface area contributed by atoms with Gasteiger partial charge in [0.05, 0.1) is 13.2 Å². The Morgan fingerprint density at radius 1 is 1.47 bits per heavy atom. The Hall–Kier alpha value is -1.01. The van der Waals surface area contributed by atoms with Crippen molar-refractivity contribution in [3.8, 4) is 0 Å². The molecule has 6 nitrogen and oxygen atoms in total. The van der Waals surface area contributed by atoms with E-state index in [1.54, 1.807) is 23.9 Å². The van der Waals surface area contributed by atoms with E-state index in [1.807, 2.05) is 0 Å². The highest BCUT2D eigenvalue weighted by atomic mass is 35.5. The van der Waals surface area contributed by atoms with E-state index < -0.39 is 0 Å². The van der Waals surface area contributed by atoms with Crippen molar-refractivity contribution in [3.63, 3.8) is 0 Å². The highest BCUT2D eigenvalue weighted by Gasteiger charge is 2.28. The zero-order valence-electron chi connectivity index (χ0n) is 8.99. The summed E-state index contributed by atoms with van der Waals surface area (Å²) in [6.45, 7) is 1.57. The lowest BCUT2D eigenvalue weighted by molar-refractivity contribution is 0.0451. The second-order valence-electron chi connectivity index (χ2n) is 3.45. The molecular weight excluding hydrogens is 218 g/mol. The predicted octanol–water partition coefficient (Wildman–Crippen LogP) is -0.459. The lowest BCUT2D eigenvalue weighted by atomic mass is 10.2.